The monoisotopic (exact) mass is 227 g/mol. The minimum atomic E-state index is 0.185. The molecule has 1 aliphatic rings. The molecule has 1 aliphatic heterocycles. The largest absolute Gasteiger partial charge is 0.344 e. The molecule has 17 heavy (non-hydrogen) atoms. The summed E-state index contributed by atoms with van der Waals surface area (Å²) in [4.78, 5) is 4.14. The van der Waals surface area contributed by atoms with E-state index in [2.05, 4.69) is 49.9 Å². The standard InChI is InChI=1S/C14H17N3/c1-10-6-5-7-14(11(10)2)17-9-13(8-15)16(4)12(17)3/h5-7,9,12H,1-4H3/t12-/m0/s1. The van der Waals surface area contributed by atoms with Crippen molar-refractivity contribution in [3.8, 4) is 6.07 Å². The summed E-state index contributed by atoms with van der Waals surface area (Å²) in [5.74, 6) is 0. The first-order valence-corrected chi connectivity index (χ1v) is 5.75. The van der Waals surface area contributed by atoms with Gasteiger partial charge in [-0.3, -0.25) is 0 Å². The molecule has 2 rings (SSSR count). The first-order chi connectivity index (χ1) is 8.06. The van der Waals surface area contributed by atoms with E-state index in [-0.39, 0.29) is 6.17 Å². The summed E-state index contributed by atoms with van der Waals surface area (Å²) in [5, 5.41) is 9.06. The second-order valence-electron chi connectivity index (χ2n) is 4.50. The predicted octanol–water partition coefficient (Wildman–Crippen LogP) is 2.77. The second kappa shape index (κ2) is 4.14. The fraction of sp³-hybridized carbons (Fsp3) is 0.357. The fourth-order valence-electron chi connectivity index (χ4n) is 2.11. The van der Waals surface area contributed by atoms with Gasteiger partial charge in [0.05, 0.1) is 0 Å². The van der Waals surface area contributed by atoms with E-state index >= 15 is 0 Å². The Kier molecular flexibility index (Phi) is 2.81. The van der Waals surface area contributed by atoms with Crippen LogP contribution in [-0.4, -0.2) is 18.1 Å². The average Bonchev–Trinajstić information content (AvgIpc) is 2.60. The van der Waals surface area contributed by atoms with Crippen molar-refractivity contribution in [2.75, 3.05) is 11.9 Å². The molecule has 0 unspecified atom stereocenters. The third-order valence-corrected chi connectivity index (χ3v) is 3.57. The van der Waals surface area contributed by atoms with Gasteiger partial charge in [0.25, 0.3) is 0 Å². The first-order valence-electron chi connectivity index (χ1n) is 5.75. The summed E-state index contributed by atoms with van der Waals surface area (Å²) >= 11 is 0. The van der Waals surface area contributed by atoms with E-state index in [1.807, 2.05) is 18.1 Å². The first kappa shape index (κ1) is 11.5. The van der Waals surface area contributed by atoms with E-state index in [9.17, 15) is 0 Å². The number of rotatable bonds is 1. The summed E-state index contributed by atoms with van der Waals surface area (Å²) in [5.41, 5.74) is 4.42. The van der Waals surface area contributed by atoms with Crippen molar-refractivity contribution in [2.24, 2.45) is 0 Å². The highest BCUT2D eigenvalue weighted by atomic mass is 15.4. The van der Waals surface area contributed by atoms with Crippen molar-refractivity contribution in [3.63, 3.8) is 0 Å². The zero-order valence-electron chi connectivity index (χ0n) is 10.7. The maximum atomic E-state index is 9.06. The van der Waals surface area contributed by atoms with Crippen LogP contribution in [0.3, 0.4) is 0 Å². The Labute approximate surface area is 103 Å². The van der Waals surface area contributed by atoms with Crippen LogP contribution in [0, 0.1) is 25.2 Å². The zero-order chi connectivity index (χ0) is 12.6. The lowest BCUT2D eigenvalue weighted by Gasteiger charge is -2.28. The smallest absolute Gasteiger partial charge is 0.134 e. The maximum absolute atomic E-state index is 9.06. The Morgan fingerprint density at radius 1 is 1.29 bits per heavy atom. The van der Waals surface area contributed by atoms with Gasteiger partial charge in [0, 0.05) is 18.9 Å². The van der Waals surface area contributed by atoms with Gasteiger partial charge in [-0.1, -0.05) is 12.1 Å². The van der Waals surface area contributed by atoms with Crippen LogP contribution in [-0.2, 0) is 0 Å². The number of nitrogens with zero attached hydrogens (tertiary/aromatic N) is 3. The molecule has 88 valence electrons. The molecule has 0 bridgehead atoms. The highest BCUT2D eigenvalue weighted by Gasteiger charge is 2.27. The number of anilines is 1. The Morgan fingerprint density at radius 3 is 2.59 bits per heavy atom. The Morgan fingerprint density at radius 2 is 2.00 bits per heavy atom. The molecule has 0 fully saturated rings. The van der Waals surface area contributed by atoms with E-state index in [1.165, 1.54) is 16.8 Å². The van der Waals surface area contributed by atoms with Crippen molar-refractivity contribution in [1.29, 1.82) is 5.26 Å². The van der Waals surface area contributed by atoms with Crippen molar-refractivity contribution < 1.29 is 0 Å². The number of allylic oxidation sites excluding steroid dienone is 1. The molecule has 0 saturated carbocycles. The lowest BCUT2D eigenvalue weighted by molar-refractivity contribution is 0.367. The summed E-state index contributed by atoms with van der Waals surface area (Å²) in [6.07, 6.45) is 2.11. The van der Waals surface area contributed by atoms with E-state index in [4.69, 9.17) is 5.26 Å². The molecular formula is C14H17N3. The van der Waals surface area contributed by atoms with E-state index in [1.54, 1.807) is 0 Å². The zero-order valence-corrected chi connectivity index (χ0v) is 10.7. The van der Waals surface area contributed by atoms with Crippen molar-refractivity contribution in [3.05, 3.63) is 41.2 Å². The lowest BCUT2D eigenvalue weighted by Crippen LogP contribution is -2.34. The third-order valence-electron chi connectivity index (χ3n) is 3.57. The Balaban J connectivity index is 2.46. The highest BCUT2D eigenvalue weighted by Crippen LogP contribution is 2.30. The highest BCUT2D eigenvalue weighted by molar-refractivity contribution is 5.60. The van der Waals surface area contributed by atoms with Crippen LogP contribution >= 0.6 is 0 Å². The second-order valence-corrected chi connectivity index (χ2v) is 4.50. The predicted molar refractivity (Wildman–Crippen MR) is 69.3 cm³/mol. The van der Waals surface area contributed by atoms with Crippen molar-refractivity contribution in [2.45, 2.75) is 26.9 Å². The van der Waals surface area contributed by atoms with Crippen LogP contribution in [0.5, 0.6) is 0 Å². The van der Waals surface area contributed by atoms with Crippen LogP contribution in [0.2, 0.25) is 0 Å². The van der Waals surface area contributed by atoms with Gasteiger partial charge >= 0.3 is 0 Å². The third kappa shape index (κ3) is 1.76. The quantitative estimate of drug-likeness (QED) is 0.739. The molecule has 0 amide bonds. The van der Waals surface area contributed by atoms with Crippen molar-refractivity contribution >= 4 is 5.69 Å². The molecule has 0 spiro atoms. The van der Waals surface area contributed by atoms with E-state index in [0.717, 1.165) is 0 Å². The van der Waals surface area contributed by atoms with E-state index < -0.39 is 0 Å². The molecule has 1 aromatic rings. The molecule has 1 aromatic carbocycles. The molecular weight excluding hydrogens is 210 g/mol. The Hall–Kier alpha value is -1.95. The van der Waals surface area contributed by atoms with Gasteiger partial charge in [-0.2, -0.15) is 5.26 Å². The normalized spacial score (nSPS) is 19.2. The SMILES string of the molecule is Cc1cccc(N2C=C(C#N)N(C)[C@@H]2C)c1C. The van der Waals surface area contributed by atoms with Crippen LogP contribution in [0.15, 0.2) is 30.1 Å². The molecule has 3 heteroatoms. The minimum absolute atomic E-state index is 0.185. The van der Waals surface area contributed by atoms with Gasteiger partial charge in [0.1, 0.15) is 17.9 Å². The molecule has 0 aromatic heterocycles. The fourth-order valence-corrected chi connectivity index (χ4v) is 2.11. The number of hydrogen-bond donors (Lipinski definition) is 0. The summed E-state index contributed by atoms with van der Waals surface area (Å²) in [6.45, 7) is 6.33. The van der Waals surface area contributed by atoms with Crippen LogP contribution in [0.4, 0.5) is 5.69 Å². The van der Waals surface area contributed by atoms with Crippen LogP contribution in [0.1, 0.15) is 18.1 Å². The lowest BCUT2D eigenvalue weighted by atomic mass is 10.1. The van der Waals surface area contributed by atoms with Gasteiger partial charge in [-0.15, -0.1) is 0 Å². The van der Waals surface area contributed by atoms with Crippen molar-refractivity contribution in [1.82, 2.24) is 4.90 Å². The maximum Gasteiger partial charge on any atom is 0.134 e. The molecule has 3 nitrogen and oxygen atoms in total. The summed E-state index contributed by atoms with van der Waals surface area (Å²) < 4.78 is 0. The Bertz CT molecular complexity index is 511. The molecule has 1 atom stereocenters. The molecule has 0 radical (unpaired) electrons. The summed E-state index contributed by atoms with van der Waals surface area (Å²) in [6, 6.07) is 8.49. The van der Waals surface area contributed by atoms with Crippen LogP contribution < -0.4 is 4.90 Å². The molecule has 0 aliphatic carbocycles. The van der Waals surface area contributed by atoms with Gasteiger partial charge in [0.2, 0.25) is 0 Å². The topological polar surface area (TPSA) is 30.3 Å². The molecule has 0 N–H and O–H groups in total. The van der Waals surface area contributed by atoms with Gasteiger partial charge in [0.15, 0.2) is 0 Å². The molecule has 1 heterocycles. The van der Waals surface area contributed by atoms with Crippen LogP contribution in [0.25, 0.3) is 0 Å². The van der Waals surface area contributed by atoms with E-state index in [0.29, 0.717) is 5.70 Å². The van der Waals surface area contributed by atoms with Gasteiger partial charge in [-0.25, -0.2) is 0 Å². The number of aryl methyl sites for hydroxylation is 1. The number of nitriles is 1. The van der Waals surface area contributed by atoms with Gasteiger partial charge < -0.3 is 9.80 Å². The number of hydrogen-bond acceptors (Lipinski definition) is 3. The number of benzene rings is 1. The summed E-state index contributed by atoms with van der Waals surface area (Å²) in [7, 11) is 1.95. The van der Waals surface area contributed by atoms with Gasteiger partial charge in [-0.05, 0) is 38.0 Å². The minimum Gasteiger partial charge on any atom is -0.344 e. The molecule has 0 saturated heterocycles. The average molecular weight is 227 g/mol.